The molecule has 47 heavy (non-hydrogen) atoms. The first-order valence-electron chi connectivity index (χ1n) is 18.9. The average Bonchev–Trinajstić information content (AvgIpc) is 3.13. The van der Waals surface area contributed by atoms with Crippen LogP contribution in [0.4, 0.5) is 0 Å². The fourth-order valence-corrected chi connectivity index (χ4v) is 7.79. The Bertz CT molecular complexity index is 1290. The van der Waals surface area contributed by atoms with Gasteiger partial charge in [-0.25, -0.2) is 9.68 Å². The molecule has 5 rings (SSSR count). The van der Waals surface area contributed by atoms with E-state index in [1.807, 2.05) is 42.5 Å². The van der Waals surface area contributed by atoms with Gasteiger partial charge < -0.3 is 4.74 Å². The van der Waals surface area contributed by atoms with Crippen molar-refractivity contribution in [3.8, 4) is 0 Å². The molecule has 0 N–H and O–H groups in total. The van der Waals surface area contributed by atoms with E-state index in [0.717, 1.165) is 23.0 Å². The van der Waals surface area contributed by atoms with Crippen molar-refractivity contribution in [1.82, 2.24) is 0 Å². The summed E-state index contributed by atoms with van der Waals surface area (Å²) in [6.07, 6.45) is 20.3. The first kappa shape index (κ1) is 35.4. The molecule has 1 atom stereocenters. The molecule has 0 aliphatic heterocycles. The predicted octanol–water partition coefficient (Wildman–Crippen LogP) is 12.4. The van der Waals surface area contributed by atoms with Gasteiger partial charge in [-0.05, 0) is 104 Å². The van der Waals surface area contributed by atoms with Crippen LogP contribution < -0.4 is 0 Å². The van der Waals surface area contributed by atoms with Gasteiger partial charge in [0, 0.05) is 5.56 Å². The van der Waals surface area contributed by atoms with Crippen LogP contribution >= 0.6 is 0 Å². The summed E-state index contributed by atoms with van der Waals surface area (Å²) in [4.78, 5) is 24.7. The van der Waals surface area contributed by atoms with Gasteiger partial charge >= 0.3 is 5.97 Å². The van der Waals surface area contributed by atoms with Crippen LogP contribution in [0.2, 0.25) is 0 Å². The standard InChI is InChI=1S/C43H58O4/c1-3-5-8-12-33-16-22-36(23-17-33)38-26-20-35(21-27-38)32-45-47-43(41-14-10-7-11-15-41)46-42(44)40-30-28-39(29-31-40)37-24-18-34(19-25-37)13-9-6-4-2/h7,10-11,14-15,20-21,26-31,33-34,36-37,43H,3-6,8-9,12-13,16-19,22-25,32H2,1-2H3. The highest BCUT2D eigenvalue weighted by atomic mass is 17.2. The average molecular weight is 639 g/mol. The molecule has 2 fully saturated rings. The summed E-state index contributed by atoms with van der Waals surface area (Å²) < 4.78 is 5.86. The van der Waals surface area contributed by atoms with E-state index in [4.69, 9.17) is 14.5 Å². The Balaban J connectivity index is 1.09. The maximum atomic E-state index is 13.2. The van der Waals surface area contributed by atoms with E-state index < -0.39 is 12.3 Å². The largest absolute Gasteiger partial charge is 0.425 e. The van der Waals surface area contributed by atoms with Crippen molar-refractivity contribution in [2.24, 2.45) is 11.8 Å². The van der Waals surface area contributed by atoms with Crippen molar-refractivity contribution in [1.29, 1.82) is 0 Å². The smallest absolute Gasteiger partial charge is 0.340 e. The molecule has 2 aliphatic rings. The molecule has 4 heteroatoms. The van der Waals surface area contributed by atoms with Crippen LogP contribution in [0.25, 0.3) is 0 Å². The van der Waals surface area contributed by atoms with Crippen LogP contribution in [0, 0.1) is 11.8 Å². The monoisotopic (exact) mass is 638 g/mol. The Labute approximate surface area is 284 Å². The third-order valence-electron chi connectivity index (χ3n) is 10.9. The molecule has 0 radical (unpaired) electrons. The van der Waals surface area contributed by atoms with Crippen molar-refractivity contribution in [3.05, 3.63) is 107 Å². The second-order valence-corrected chi connectivity index (χ2v) is 14.3. The molecule has 3 aromatic rings. The van der Waals surface area contributed by atoms with Crippen molar-refractivity contribution in [3.63, 3.8) is 0 Å². The van der Waals surface area contributed by atoms with Gasteiger partial charge in [0.05, 0.1) is 5.56 Å². The topological polar surface area (TPSA) is 44.8 Å². The van der Waals surface area contributed by atoms with E-state index >= 15 is 0 Å². The van der Waals surface area contributed by atoms with Crippen LogP contribution in [0.15, 0.2) is 78.9 Å². The van der Waals surface area contributed by atoms with E-state index in [1.54, 1.807) is 0 Å². The van der Waals surface area contributed by atoms with Crippen LogP contribution in [-0.4, -0.2) is 5.97 Å². The fraction of sp³-hybridized carbons (Fsp3) is 0.558. The highest BCUT2D eigenvalue weighted by Crippen LogP contribution is 2.39. The van der Waals surface area contributed by atoms with Gasteiger partial charge in [0.2, 0.25) is 0 Å². The number of hydrogen-bond donors (Lipinski definition) is 0. The maximum Gasteiger partial charge on any atom is 0.340 e. The van der Waals surface area contributed by atoms with Gasteiger partial charge in [-0.2, -0.15) is 4.89 Å². The Kier molecular flexibility index (Phi) is 14.4. The number of hydrogen-bond acceptors (Lipinski definition) is 4. The lowest BCUT2D eigenvalue weighted by Gasteiger charge is -2.29. The lowest BCUT2D eigenvalue weighted by Crippen LogP contribution is -2.16. The molecule has 0 spiro atoms. The first-order chi connectivity index (χ1) is 23.1. The zero-order valence-electron chi connectivity index (χ0n) is 29.0. The van der Waals surface area contributed by atoms with Crippen LogP contribution in [0.3, 0.4) is 0 Å². The number of ether oxygens (including phenoxy) is 1. The SMILES string of the molecule is CCCCCC1CCC(c2ccc(COOC(OC(=O)c3ccc(C4CCC(CCCCC)CC4)cc3)c3ccccc3)cc2)CC1. The van der Waals surface area contributed by atoms with Crippen LogP contribution in [0.1, 0.15) is 167 Å². The van der Waals surface area contributed by atoms with Crippen molar-refractivity contribution in [2.75, 3.05) is 0 Å². The number of rotatable bonds is 17. The Morgan fingerprint density at radius 3 is 1.66 bits per heavy atom. The second kappa shape index (κ2) is 19.1. The van der Waals surface area contributed by atoms with Gasteiger partial charge in [0.1, 0.15) is 6.61 Å². The number of carbonyl (C=O) groups is 1. The summed E-state index contributed by atoms with van der Waals surface area (Å²) in [5, 5.41) is 0. The molecule has 0 aromatic heterocycles. The summed E-state index contributed by atoms with van der Waals surface area (Å²) in [5.74, 6) is 2.63. The molecular weight excluding hydrogens is 580 g/mol. The molecule has 0 amide bonds. The summed E-state index contributed by atoms with van der Waals surface area (Å²) in [7, 11) is 0. The lowest BCUT2D eigenvalue weighted by atomic mass is 9.77. The lowest BCUT2D eigenvalue weighted by molar-refractivity contribution is -0.379. The first-order valence-corrected chi connectivity index (χ1v) is 18.9. The van der Waals surface area contributed by atoms with E-state index in [-0.39, 0.29) is 6.61 Å². The molecule has 0 heterocycles. The van der Waals surface area contributed by atoms with Gasteiger partial charge in [-0.1, -0.05) is 132 Å². The molecule has 3 aromatic carbocycles. The number of unbranched alkanes of at least 4 members (excludes halogenated alkanes) is 4. The van der Waals surface area contributed by atoms with E-state index in [2.05, 4.69) is 50.2 Å². The molecule has 1 unspecified atom stereocenters. The molecule has 4 nitrogen and oxygen atoms in total. The van der Waals surface area contributed by atoms with Crippen molar-refractivity contribution < 1.29 is 19.3 Å². The maximum absolute atomic E-state index is 13.2. The number of carbonyl (C=O) groups excluding carboxylic acids is 1. The van der Waals surface area contributed by atoms with Crippen molar-refractivity contribution in [2.45, 2.75) is 141 Å². The van der Waals surface area contributed by atoms with Gasteiger partial charge in [-0.15, -0.1) is 0 Å². The van der Waals surface area contributed by atoms with E-state index in [1.165, 1.54) is 114 Å². The summed E-state index contributed by atoms with van der Waals surface area (Å²) in [6.45, 7) is 4.84. The fourth-order valence-electron chi connectivity index (χ4n) is 7.79. The second-order valence-electron chi connectivity index (χ2n) is 14.3. The molecule has 2 aliphatic carbocycles. The normalized spacial score (nSPS) is 22.1. The Morgan fingerprint density at radius 1 is 0.638 bits per heavy atom. The minimum Gasteiger partial charge on any atom is -0.425 e. The molecule has 0 bridgehead atoms. The quantitative estimate of drug-likeness (QED) is 0.0485. The van der Waals surface area contributed by atoms with Crippen LogP contribution in [0.5, 0.6) is 0 Å². The van der Waals surface area contributed by atoms with Crippen molar-refractivity contribution >= 4 is 5.97 Å². The highest BCUT2D eigenvalue weighted by Gasteiger charge is 2.25. The zero-order valence-corrected chi connectivity index (χ0v) is 29.0. The van der Waals surface area contributed by atoms with Gasteiger partial charge in [0.25, 0.3) is 6.29 Å². The summed E-state index contributed by atoms with van der Waals surface area (Å²) in [5.41, 5.74) is 5.05. The summed E-state index contributed by atoms with van der Waals surface area (Å²) in [6, 6.07) is 26.3. The Hall–Kier alpha value is -2.95. The number of esters is 1. The molecular formula is C43H58O4. The Morgan fingerprint density at radius 2 is 1.15 bits per heavy atom. The summed E-state index contributed by atoms with van der Waals surface area (Å²) >= 11 is 0. The van der Waals surface area contributed by atoms with Gasteiger partial charge in [-0.3, -0.25) is 0 Å². The molecule has 2 saturated carbocycles. The van der Waals surface area contributed by atoms with E-state index in [0.29, 0.717) is 17.4 Å². The van der Waals surface area contributed by atoms with E-state index in [9.17, 15) is 4.79 Å². The minimum atomic E-state index is -0.960. The zero-order chi connectivity index (χ0) is 32.7. The highest BCUT2D eigenvalue weighted by molar-refractivity contribution is 5.89. The third kappa shape index (κ3) is 11.0. The molecule has 254 valence electrons. The minimum absolute atomic E-state index is 0.279. The molecule has 0 saturated heterocycles. The van der Waals surface area contributed by atoms with Gasteiger partial charge in [0.15, 0.2) is 0 Å². The number of benzene rings is 3. The predicted molar refractivity (Wildman–Crippen MR) is 191 cm³/mol. The third-order valence-corrected chi connectivity index (χ3v) is 10.9. The van der Waals surface area contributed by atoms with Crippen LogP contribution in [-0.2, 0) is 21.1 Å².